The van der Waals surface area contributed by atoms with E-state index in [4.69, 9.17) is 9.47 Å². The summed E-state index contributed by atoms with van der Waals surface area (Å²) in [6.07, 6.45) is 0. The van der Waals surface area contributed by atoms with Gasteiger partial charge in [0.2, 0.25) is 0 Å². The Labute approximate surface area is 133 Å². The van der Waals surface area contributed by atoms with Crippen molar-refractivity contribution in [2.24, 2.45) is 0 Å². The number of aryl methyl sites for hydroxylation is 2. The first-order chi connectivity index (χ1) is 10.7. The Morgan fingerprint density at radius 2 is 1.59 bits per heavy atom. The van der Waals surface area contributed by atoms with Crippen molar-refractivity contribution in [2.45, 2.75) is 40.9 Å². The molecule has 0 aromatic heterocycles. The van der Waals surface area contributed by atoms with Crippen LogP contribution in [0.5, 0.6) is 11.5 Å². The van der Waals surface area contributed by atoms with Crippen LogP contribution in [0.2, 0.25) is 0 Å². The molecule has 0 saturated heterocycles. The van der Waals surface area contributed by atoms with Gasteiger partial charge in [0.15, 0.2) is 11.5 Å². The SMILES string of the molecule is CC.COc1c(C)cc(C)c(CO)c1OCc1ccccc1. The minimum Gasteiger partial charge on any atom is -0.493 e. The van der Waals surface area contributed by atoms with Crippen molar-refractivity contribution in [3.63, 3.8) is 0 Å². The van der Waals surface area contributed by atoms with Gasteiger partial charge in [0.1, 0.15) is 6.61 Å². The zero-order chi connectivity index (χ0) is 16.5. The number of aliphatic hydroxyl groups excluding tert-OH is 1. The molecule has 2 rings (SSSR count). The Balaban J connectivity index is 0.00000116. The largest absolute Gasteiger partial charge is 0.493 e. The molecule has 0 aliphatic heterocycles. The molecule has 0 unspecified atom stereocenters. The lowest BCUT2D eigenvalue weighted by Gasteiger charge is -2.18. The molecule has 0 bridgehead atoms. The molecule has 1 N–H and O–H groups in total. The summed E-state index contributed by atoms with van der Waals surface area (Å²) in [6.45, 7) is 8.33. The molecule has 120 valence electrons. The molecular weight excluding hydrogens is 276 g/mol. The van der Waals surface area contributed by atoms with E-state index in [1.54, 1.807) is 7.11 Å². The molecule has 0 radical (unpaired) electrons. The van der Waals surface area contributed by atoms with Crippen molar-refractivity contribution >= 4 is 0 Å². The minimum atomic E-state index is -0.0629. The lowest BCUT2D eigenvalue weighted by Crippen LogP contribution is -2.04. The maximum atomic E-state index is 9.57. The number of methoxy groups -OCH3 is 1. The average molecular weight is 302 g/mol. The molecule has 0 atom stereocenters. The molecule has 0 heterocycles. The highest BCUT2D eigenvalue weighted by Gasteiger charge is 2.16. The van der Waals surface area contributed by atoms with Crippen molar-refractivity contribution < 1.29 is 14.6 Å². The molecule has 0 aliphatic rings. The van der Waals surface area contributed by atoms with Gasteiger partial charge in [-0.3, -0.25) is 0 Å². The molecule has 0 fully saturated rings. The fourth-order valence-corrected chi connectivity index (χ4v) is 2.31. The molecule has 2 aromatic carbocycles. The number of aliphatic hydroxyl groups is 1. The Morgan fingerprint density at radius 1 is 0.955 bits per heavy atom. The van der Waals surface area contributed by atoms with Crippen molar-refractivity contribution in [1.82, 2.24) is 0 Å². The van der Waals surface area contributed by atoms with E-state index >= 15 is 0 Å². The van der Waals surface area contributed by atoms with Crippen molar-refractivity contribution in [3.05, 3.63) is 58.7 Å². The lowest BCUT2D eigenvalue weighted by atomic mass is 10.0. The van der Waals surface area contributed by atoms with E-state index in [1.165, 1.54) is 0 Å². The van der Waals surface area contributed by atoms with Gasteiger partial charge in [0.05, 0.1) is 13.7 Å². The van der Waals surface area contributed by atoms with E-state index in [0.717, 1.165) is 22.3 Å². The summed E-state index contributed by atoms with van der Waals surface area (Å²) in [5, 5.41) is 9.57. The first kappa shape index (κ1) is 18.1. The first-order valence-electron chi connectivity index (χ1n) is 7.62. The van der Waals surface area contributed by atoms with Crippen LogP contribution >= 0.6 is 0 Å². The number of rotatable bonds is 5. The second kappa shape index (κ2) is 9.11. The lowest BCUT2D eigenvalue weighted by molar-refractivity contribution is 0.248. The fourth-order valence-electron chi connectivity index (χ4n) is 2.31. The van der Waals surface area contributed by atoms with Crippen LogP contribution in [0.25, 0.3) is 0 Å². The zero-order valence-corrected chi connectivity index (χ0v) is 14.1. The summed E-state index contributed by atoms with van der Waals surface area (Å²) in [5.41, 5.74) is 3.88. The van der Waals surface area contributed by atoms with E-state index in [-0.39, 0.29) is 6.61 Å². The van der Waals surface area contributed by atoms with Crippen LogP contribution in [-0.4, -0.2) is 12.2 Å². The van der Waals surface area contributed by atoms with Crippen LogP contribution in [0.4, 0.5) is 0 Å². The first-order valence-corrected chi connectivity index (χ1v) is 7.62. The van der Waals surface area contributed by atoms with Crippen LogP contribution in [0.1, 0.15) is 36.1 Å². The van der Waals surface area contributed by atoms with Gasteiger partial charge in [-0.15, -0.1) is 0 Å². The molecule has 0 spiro atoms. The highest BCUT2D eigenvalue weighted by Crippen LogP contribution is 2.37. The van der Waals surface area contributed by atoms with Gasteiger partial charge in [0.25, 0.3) is 0 Å². The van der Waals surface area contributed by atoms with Gasteiger partial charge < -0.3 is 14.6 Å². The van der Waals surface area contributed by atoms with Crippen LogP contribution in [0, 0.1) is 13.8 Å². The number of hydrogen-bond acceptors (Lipinski definition) is 3. The third kappa shape index (κ3) is 4.25. The molecule has 2 aromatic rings. The van der Waals surface area contributed by atoms with E-state index in [0.29, 0.717) is 18.1 Å². The average Bonchev–Trinajstić information content (AvgIpc) is 2.55. The maximum absolute atomic E-state index is 9.57. The van der Waals surface area contributed by atoms with Crippen LogP contribution in [0.3, 0.4) is 0 Å². The maximum Gasteiger partial charge on any atom is 0.167 e. The van der Waals surface area contributed by atoms with E-state index in [2.05, 4.69) is 0 Å². The minimum absolute atomic E-state index is 0.0629. The molecular formula is C19H26O3. The second-order valence-corrected chi connectivity index (χ2v) is 4.78. The molecule has 0 amide bonds. The standard InChI is InChI=1S/C17H20O3.C2H6/c1-12-9-13(2)16(19-3)17(15(12)10-18)20-11-14-7-5-4-6-8-14;1-2/h4-9,18H,10-11H2,1-3H3;1-2H3. The van der Waals surface area contributed by atoms with Gasteiger partial charge >= 0.3 is 0 Å². The van der Waals surface area contributed by atoms with E-state index < -0.39 is 0 Å². The molecule has 22 heavy (non-hydrogen) atoms. The summed E-state index contributed by atoms with van der Waals surface area (Å²) in [6, 6.07) is 11.9. The summed E-state index contributed by atoms with van der Waals surface area (Å²) in [7, 11) is 1.62. The number of ether oxygens (including phenoxy) is 2. The monoisotopic (exact) mass is 302 g/mol. The molecule has 3 heteroatoms. The topological polar surface area (TPSA) is 38.7 Å². The quantitative estimate of drug-likeness (QED) is 0.889. The van der Waals surface area contributed by atoms with Gasteiger partial charge in [-0.1, -0.05) is 50.2 Å². The Hall–Kier alpha value is -2.00. The number of benzene rings is 2. The van der Waals surface area contributed by atoms with Gasteiger partial charge in [-0.2, -0.15) is 0 Å². The normalized spacial score (nSPS) is 9.73. The highest BCUT2D eigenvalue weighted by atomic mass is 16.5. The summed E-state index contributed by atoms with van der Waals surface area (Å²) >= 11 is 0. The summed E-state index contributed by atoms with van der Waals surface area (Å²) in [4.78, 5) is 0. The van der Waals surface area contributed by atoms with Crippen molar-refractivity contribution in [3.8, 4) is 11.5 Å². The van der Waals surface area contributed by atoms with Crippen LogP contribution < -0.4 is 9.47 Å². The van der Waals surface area contributed by atoms with Crippen LogP contribution in [-0.2, 0) is 13.2 Å². The predicted octanol–water partition coefficient (Wildman–Crippen LogP) is 4.41. The molecule has 0 aliphatic carbocycles. The summed E-state index contributed by atoms with van der Waals surface area (Å²) < 4.78 is 11.3. The van der Waals surface area contributed by atoms with E-state index in [1.807, 2.05) is 64.1 Å². The van der Waals surface area contributed by atoms with E-state index in [9.17, 15) is 5.11 Å². The van der Waals surface area contributed by atoms with Gasteiger partial charge in [-0.05, 0) is 30.5 Å². The zero-order valence-electron chi connectivity index (χ0n) is 14.1. The summed E-state index contributed by atoms with van der Waals surface area (Å²) in [5.74, 6) is 1.33. The predicted molar refractivity (Wildman–Crippen MR) is 90.5 cm³/mol. The van der Waals surface area contributed by atoms with Crippen molar-refractivity contribution in [1.29, 1.82) is 0 Å². The third-order valence-electron chi connectivity index (χ3n) is 3.34. The van der Waals surface area contributed by atoms with Crippen LogP contribution in [0.15, 0.2) is 36.4 Å². The third-order valence-corrected chi connectivity index (χ3v) is 3.34. The Kier molecular flexibility index (Phi) is 7.47. The molecule has 3 nitrogen and oxygen atoms in total. The number of hydrogen-bond donors (Lipinski definition) is 1. The fraction of sp³-hybridized carbons (Fsp3) is 0.368. The highest BCUT2D eigenvalue weighted by molar-refractivity contribution is 5.54. The van der Waals surface area contributed by atoms with Gasteiger partial charge in [-0.25, -0.2) is 0 Å². The van der Waals surface area contributed by atoms with Gasteiger partial charge in [0, 0.05) is 5.56 Å². The Bertz CT molecular complexity index is 549. The molecule has 0 saturated carbocycles. The second-order valence-electron chi connectivity index (χ2n) is 4.78. The Morgan fingerprint density at radius 3 is 2.14 bits per heavy atom. The smallest absolute Gasteiger partial charge is 0.167 e. The van der Waals surface area contributed by atoms with Crippen molar-refractivity contribution in [2.75, 3.05) is 7.11 Å².